The Balaban J connectivity index is 2.07. The molecule has 4 heteroatoms. The highest BCUT2D eigenvalue weighted by atomic mass is 19.1. The van der Waals surface area contributed by atoms with Crippen molar-refractivity contribution < 1.29 is 9.50 Å². The second kappa shape index (κ2) is 7.20. The minimum absolute atomic E-state index is 0.165. The van der Waals surface area contributed by atoms with Crippen molar-refractivity contribution >= 4 is 0 Å². The summed E-state index contributed by atoms with van der Waals surface area (Å²) in [6.07, 6.45) is 0. The quantitative estimate of drug-likeness (QED) is 0.858. The zero-order valence-corrected chi connectivity index (χ0v) is 12.4. The van der Waals surface area contributed by atoms with E-state index in [2.05, 4.69) is 22.3 Å². The molecule has 0 saturated carbocycles. The van der Waals surface area contributed by atoms with E-state index >= 15 is 0 Å². The van der Waals surface area contributed by atoms with Crippen LogP contribution >= 0.6 is 0 Å². The highest BCUT2D eigenvalue weighted by Gasteiger charge is 2.12. The molecule has 0 heterocycles. The lowest BCUT2D eigenvalue weighted by Crippen LogP contribution is -2.30. The predicted octanol–water partition coefficient (Wildman–Crippen LogP) is 2.92. The molecule has 0 bridgehead atoms. The number of halogens is 1. The highest BCUT2D eigenvalue weighted by Crippen LogP contribution is 2.18. The SMILES string of the molecule is CN(C)CC(NCc1ccc(O)c(F)c1)c1ccccc1. The van der Waals surface area contributed by atoms with Gasteiger partial charge in [-0.25, -0.2) is 4.39 Å². The number of likely N-dealkylation sites (N-methyl/N-ethyl adjacent to an activating group) is 1. The van der Waals surface area contributed by atoms with E-state index < -0.39 is 5.82 Å². The molecular formula is C17H21FN2O. The first-order valence-electron chi connectivity index (χ1n) is 6.96. The molecule has 1 atom stereocenters. The molecule has 0 fully saturated rings. The van der Waals surface area contributed by atoms with E-state index in [1.165, 1.54) is 17.7 Å². The Morgan fingerprint density at radius 1 is 1.14 bits per heavy atom. The fourth-order valence-corrected chi connectivity index (χ4v) is 2.24. The molecule has 0 aliphatic heterocycles. The van der Waals surface area contributed by atoms with Gasteiger partial charge in [0.1, 0.15) is 0 Å². The van der Waals surface area contributed by atoms with Crippen LogP contribution < -0.4 is 5.32 Å². The molecule has 2 aromatic carbocycles. The molecule has 0 aliphatic rings. The molecule has 0 aromatic heterocycles. The number of phenolic OH excluding ortho intramolecular Hbond substituents is 1. The lowest BCUT2D eigenvalue weighted by Gasteiger charge is -2.23. The summed E-state index contributed by atoms with van der Waals surface area (Å²) in [5, 5.41) is 12.7. The number of nitrogens with zero attached hydrogens (tertiary/aromatic N) is 1. The van der Waals surface area contributed by atoms with Crippen molar-refractivity contribution in [3.05, 3.63) is 65.5 Å². The normalized spacial score (nSPS) is 12.6. The number of aromatic hydroxyl groups is 1. The molecule has 112 valence electrons. The Hall–Kier alpha value is -1.91. The topological polar surface area (TPSA) is 35.5 Å². The summed E-state index contributed by atoms with van der Waals surface area (Å²) >= 11 is 0. The third kappa shape index (κ3) is 4.55. The van der Waals surface area contributed by atoms with Crippen LogP contribution in [0.5, 0.6) is 5.75 Å². The summed E-state index contributed by atoms with van der Waals surface area (Å²) in [7, 11) is 4.05. The largest absolute Gasteiger partial charge is 0.505 e. The smallest absolute Gasteiger partial charge is 0.165 e. The third-order valence-electron chi connectivity index (χ3n) is 3.31. The Labute approximate surface area is 125 Å². The summed E-state index contributed by atoms with van der Waals surface area (Å²) in [6, 6.07) is 14.8. The van der Waals surface area contributed by atoms with Crippen LogP contribution in [0, 0.1) is 5.82 Å². The molecule has 21 heavy (non-hydrogen) atoms. The number of benzene rings is 2. The van der Waals surface area contributed by atoms with Gasteiger partial charge in [-0.1, -0.05) is 36.4 Å². The minimum Gasteiger partial charge on any atom is -0.505 e. The van der Waals surface area contributed by atoms with Gasteiger partial charge in [-0.05, 0) is 37.4 Å². The summed E-state index contributed by atoms with van der Waals surface area (Å²) < 4.78 is 13.4. The number of hydrogen-bond donors (Lipinski definition) is 2. The maximum atomic E-state index is 13.4. The van der Waals surface area contributed by atoms with Gasteiger partial charge in [-0.15, -0.1) is 0 Å². The number of nitrogens with one attached hydrogen (secondary N) is 1. The van der Waals surface area contributed by atoms with Gasteiger partial charge < -0.3 is 15.3 Å². The van der Waals surface area contributed by atoms with Crippen LogP contribution in [0.1, 0.15) is 17.2 Å². The van der Waals surface area contributed by atoms with Crippen LogP contribution in [0.25, 0.3) is 0 Å². The molecule has 2 rings (SSSR count). The first-order valence-corrected chi connectivity index (χ1v) is 6.96. The first kappa shape index (κ1) is 15.5. The summed E-state index contributed by atoms with van der Waals surface area (Å²) in [5.41, 5.74) is 2.01. The molecule has 2 N–H and O–H groups in total. The van der Waals surface area contributed by atoms with Gasteiger partial charge in [0.25, 0.3) is 0 Å². The molecule has 0 aliphatic carbocycles. The minimum atomic E-state index is -0.585. The van der Waals surface area contributed by atoms with Crippen LogP contribution in [0.3, 0.4) is 0 Å². The van der Waals surface area contributed by atoms with Crippen LogP contribution in [0.15, 0.2) is 48.5 Å². The monoisotopic (exact) mass is 288 g/mol. The van der Waals surface area contributed by atoms with E-state index in [0.29, 0.717) is 6.54 Å². The van der Waals surface area contributed by atoms with Gasteiger partial charge >= 0.3 is 0 Å². The molecule has 3 nitrogen and oxygen atoms in total. The fraction of sp³-hybridized carbons (Fsp3) is 0.294. The fourth-order valence-electron chi connectivity index (χ4n) is 2.24. The molecule has 0 radical (unpaired) electrons. The van der Waals surface area contributed by atoms with E-state index in [1.807, 2.05) is 32.3 Å². The number of phenols is 1. The van der Waals surface area contributed by atoms with Gasteiger partial charge in [0.15, 0.2) is 11.6 Å². The molecule has 0 amide bonds. The Morgan fingerprint density at radius 3 is 2.48 bits per heavy atom. The Morgan fingerprint density at radius 2 is 1.86 bits per heavy atom. The molecule has 0 spiro atoms. The van der Waals surface area contributed by atoms with Crippen molar-refractivity contribution in [1.82, 2.24) is 10.2 Å². The van der Waals surface area contributed by atoms with E-state index in [-0.39, 0.29) is 11.8 Å². The van der Waals surface area contributed by atoms with E-state index in [0.717, 1.165) is 12.1 Å². The number of hydrogen-bond acceptors (Lipinski definition) is 3. The predicted molar refractivity (Wildman–Crippen MR) is 82.6 cm³/mol. The van der Waals surface area contributed by atoms with Gasteiger partial charge in [0, 0.05) is 19.1 Å². The van der Waals surface area contributed by atoms with E-state index in [9.17, 15) is 9.50 Å². The van der Waals surface area contributed by atoms with E-state index in [4.69, 9.17) is 0 Å². The summed E-state index contributed by atoms with van der Waals surface area (Å²) in [4.78, 5) is 2.11. The highest BCUT2D eigenvalue weighted by molar-refractivity contribution is 5.28. The van der Waals surface area contributed by atoms with Gasteiger partial charge in [-0.3, -0.25) is 0 Å². The molecular weight excluding hydrogens is 267 g/mol. The molecule has 2 aromatic rings. The average Bonchev–Trinajstić information content (AvgIpc) is 2.47. The van der Waals surface area contributed by atoms with Crippen molar-refractivity contribution in [2.75, 3.05) is 20.6 Å². The van der Waals surface area contributed by atoms with Crippen LogP contribution in [-0.4, -0.2) is 30.6 Å². The van der Waals surface area contributed by atoms with Crippen LogP contribution in [-0.2, 0) is 6.54 Å². The number of rotatable bonds is 6. The van der Waals surface area contributed by atoms with Crippen molar-refractivity contribution in [2.45, 2.75) is 12.6 Å². The standard InChI is InChI=1S/C17H21FN2O/c1-20(2)12-16(14-6-4-3-5-7-14)19-11-13-8-9-17(21)15(18)10-13/h3-10,16,19,21H,11-12H2,1-2H3. The Bertz CT molecular complexity index is 572. The molecule has 1 unspecified atom stereocenters. The zero-order valence-electron chi connectivity index (χ0n) is 12.4. The van der Waals surface area contributed by atoms with Crippen molar-refractivity contribution in [2.24, 2.45) is 0 Å². The van der Waals surface area contributed by atoms with Gasteiger partial charge in [0.2, 0.25) is 0 Å². The summed E-state index contributed by atoms with van der Waals surface area (Å²) in [5.74, 6) is -0.898. The third-order valence-corrected chi connectivity index (χ3v) is 3.31. The maximum absolute atomic E-state index is 13.4. The van der Waals surface area contributed by atoms with Crippen molar-refractivity contribution in [1.29, 1.82) is 0 Å². The van der Waals surface area contributed by atoms with Gasteiger partial charge in [-0.2, -0.15) is 0 Å². The lowest BCUT2D eigenvalue weighted by molar-refractivity contribution is 0.340. The second-order valence-electron chi connectivity index (χ2n) is 5.39. The van der Waals surface area contributed by atoms with Crippen molar-refractivity contribution in [3.63, 3.8) is 0 Å². The van der Waals surface area contributed by atoms with Crippen LogP contribution in [0.2, 0.25) is 0 Å². The van der Waals surface area contributed by atoms with E-state index in [1.54, 1.807) is 6.07 Å². The van der Waals surface area contributed by atoms with Gasteiger partial charge in [0.05, 0.1) is 0 Å². The van der Waals surface area contributed by atoms with Crippen LogP contribution in [0.4, 0.5) is 4.39 Å². The summed E-state index contributed by atoms with van der Waals surface area (Å²) in [6.45, 7) is 1.40. The molecule has 0 saturated heterocycles. The van der Waals surface area contributed by atoms with Crippen molar-refractivity contribution in [3.8, 4) is 5.75 Å². The average molecular weight is 288 g/mol. The Kier molecular flexibility index (Phi) is 5.31. The first-order chi connectivity index (χ1) is 10.1. The zero-order chi connectivity index (χ0) is 15.2. The lowest BCUT2D eigenvalue weighted by atomic mass is 10.1. The second-order valence-corrected chi connectivity index (χ2v) is 5.39. The maximum Gasteiger partial charge on any atom is 0.165 e.